The lowest BCUT2D eigenvalue weighted by Gasteiger charge is -2.45. The van der Waals surface area contributed by atoms with Crippen molar-refractivity contribution in [2.45, 2.75) is 43.7 Å². The van der Waals surface area contributed by atoms with Crippen LogP contribution < -0.4 is 11.1 Å². The molecule has 1 aliphatic heterocycles. The van der Waals surface area contributed by atoms with E-state index in [1.54, 1.807) is 17.0 Å². The standard InChI is InChI=1S/C27H34ClN3O5/c1-36-17-23(29)25(34)30-27(16-20-8-10-22(28)11-9-20)12-5-13-31(18-27)26(35)21(15-24(32)33)14-19-6-3-2-4-7-19/h2-4,6-11,21,23H,5,12-18,29H2,1H3,(H,30,34)(H,32,33)/t21?,23?,27-/m1/s1. The highest BCUT2D eigenvalue weighted by atomic mass is 35.5. The summed E-state index contributed by atoms with van der Waals surface area (Å²) >= 11 is 6.06. The molecule has 1 heterocycles. The molecule has 4 N–H and O–H groups in total. The van der Waals surface area contributed by atoms with Gasteiger partial charge in [0.1, 0.15) is 6.04 Å². The first-order valence-corrected chi connectivity index (χ1v) is 12.4. The van der Waals surface area contributed by atoms with Gasteiger partial charge in [-0.2, -0.15) is 0 Å². The number of carbonyl (C=O) groups excluding carboxylic acids is 2. The number of likely N-dealkylation sites (tertiary alicyclic amines) is 1. The smallest absolute Gasteiger partial charge is 0.304 e. The van der Waals surface area contributed by atoms with Crippen LogP contribution in [0.4, 0.5) is 0 Å². The van der Waals surface area contributed by atoms with Crippen molar-refractivity contribution in [1.29, 1.82) is 0 Å². The predicted octanol–water partition coefficient (Wildman–Crippen LogP) is 2.67. The second-order valence-corrected chi connectivity index (χ2v) is 9.92. The number of carboxylic acid groups (broad SMARTS) is 1. The van der Waals surface area contributed by atoms with Gasteiger partial charge in [-0.15, -0.1) is 0 Å². The van der Waals surface area contributed by atoms with Gasteiger partial charge in [0.2, 0.25) is 11.8 Å². The van der Waals surface area contributed by atoms with Crippen molar-refractivity contribution in [3.63, 3.8) is 0 Å². The van der Waals surface area contributed by atoms with E-state index in [1.807, 2.05) is 42.5 Å². The van der Waals surface area contributed by atoms with Crippen LogP contribution >= 0.6 is 11.6 Å². The Morgan fingerprint density at radius 1 is 1.14 bits per heavy atom. The van der Waals surface area contributed by atoms with Crippen molar-refractivity contribution >= 4 is 29.4 Å². The Morgan fingerprint density at radius 3 is 2.47 bits per heavy atom. The third-order valence-electron chi connectivity index (χ3n) is 6.51. The summed E-state index contributed by atoms with van der Waals surface area (Å²) in [5.41, 5.74) is 7.10. The molecule has 194 valence electrons. The Bertz CT molecular complexity index is 1030. The van der Waals surface area contributed by atoms with E-state index in [2.05, 4.69) is 5.32 Å². The number of nitrogens with one attached hydrogen (secondary N) is 1. The number of nitrogens with zero attached hydrogens (tertiary/aromatic N) is 1. The molecule has 8 nitrogen and oxygen atoms in total. The van der Waals surface area contributed by atoms with Crippen molar-refractivity contribution in [2.24, 2.45) is 11.7 Å². The molecule has 3 atom stereocenters. The Balaban J connectivity index is 1.85. The van der Waals surface area contributed by atoms with E-state index in [1.165, 1.54) is 7.11 Å². The lowest BCUT2D eigenvalue weighted by Crippen LogP contribution is -2.64. The van der Waals surface area contributed by atoms with Crippen molar-refractivity contribution in [3.05, 3.63) is 70.7 Å². The molecule has 0 bridgehead atoms. The van der Waals surface area contributed by atoms with Gasteiger partial charge in [0.15, 0.2) is 0 Å². The summed E-state index contributed by atoms with van der Waals surface area (Å²) in [6.45, 7) is 0.820. The highest BCUT2D eigenvalue weighted by Gasteiger charge is 2.41. The molecule has 0 aromatic heterocycles. The van der Waals surface area contributed by atoms with E-state index in [0.29, 0.717) is 37.3 Å². The van der Waals surface area contributed by atoms with Crippen molar-refractivity contribution in [1.82, 2.24) is 10.2 Å². The summed E-state index contributed by atoms with van der Waals surface area (Å²) in [5, 5.41) is 13.2. The van der Waals surface area contributed by atoms with Crippen molar-refractivity contribution in [2.75, 3.05) is 26.8 Å². The van der Waals surface area contributed by atoms with Crippen molar-refractivity contribution < 1.29 is 24.2 Å². The lowest BCUT2D eigenvalue weighted by atomic mass is 9.82. The molecule has 1 aliphatic rings. The van der Waals surface area contributed by atoms with Crippen LogP contribution in [0.2, 0.25) is 5.02 Å². The minimum Gasteiger partial charge on any atom is -0.481 e. The maximum Gasteiger partial charge on any atom is 0.304 e. The summed E-state index contributed by atoms with van der Waals surface area (Å²) < 4.78 is 5.04. The van der Waals surface area contributed by atoms with Gasteiger partial charge in [0, 0.05) is 25.2 Å². The first-order chi connectivity index (χ1) is 17.2. The minimum absolute atomic E-state index is 0.0727. The number of carbonyl (C=O) groups is 3. The molecule has 2 amide bonds. The maximum atomic E-state index is 13.6. The third-order valence-corrected chi connectivity index (χ3v) is 6.76. The van der Waals surface area contributed by atoms with Crippen LogP contribution in [0.3, 0.4) is 0 Å². The molecule has 0 aliphatic carbocycles. The Morgan fingerprint density at radius 2 is 1.83 bits per heavy atom. The van der Waals surface area contributed by atoms with Crippen LogP contribution in [-0.2, 0) is 32.0 Å². The molecule has 1 fully saturated rings. The number of halogens is 1. The summed E-state index contributed by atoms with van der Waals surface area (Å²) in [6.07, 6.45) is 1.84. The van der Waals surface area contributed by atoms with Gasteiger partial charge >= 0.3 is 5.97 Å². The van der Waals surface area contributed by atoms with Crippen LogP contribution in [0.25, 0.3) is 0 Å². The number of aliphatic carboxylic acids is 1. The molecule has 0 saturated carbocycles. The molecule has 1 saturated heterocycles. The molecule has 0 radical (unpaired) electrons. The van der Waals surface area contributed by atoms with Gasteiger partial charge in [0.05, 0.1) is 24.5 Å². The molecule has 9 heteroatoms. The fourth-order valence-corrected chi connectivity index (χ4v) is 4.95. The van der Waals surface area contributed by atoms with Crippen LogP contribution in [0.5, 0.6) is 0 Å². The molecule has 2 unspecified atom stereocenters. The maximum absolute atomic E-state index is 13.6. The fourth-order valence-electron chi connectivity index (χ4n) is 4.83. The number of hydrogen-bond acceptors (Lipinski definition) is 5. The van der Waals surface area contributed by atoms with E-state index in [0.717, 1.165) is 11.1 Å². The Labute approximate surface area is 216 Å². The Kier molecular flexibility index (Phi) is 9.87. The van der Waals surface area contributed by atoms with Crippen LogP contribution in [0.1, 0.15) is 30.4 Å². The lowest BCUT2D eigenvalue weighted by molar-refractivity contribution is -0.146. The summed E-state index contributed by atoms with van der Waals surface area (Å²) in [4.78, 5) is 39.9. The largest absolute Gasteiger partial charge is 0.481 e. The summed E-state index contributed by atoms with van der Waals surface area (Å²) in [6, 6.07) is 15.9. The molecular formula is C27H34ClN3O5. The van der Waals surface area contributed by atoms with Gasteiger partial charge in [-0.3, -0.25) is 14.4 Å². The number of nitrogens with two attached hydrogens (primary N) is 1. The first kappa shape index (κ1) is 27.6. The molecule has 36 heavy (non-hydrogen) atoms. The van der Waals surface area contributed by atoms with Crippen LogP contribution in [0.15, 0.2) is 54.6 Å². The molecular weight excluding hydrogens is 482 g/mol. The number of carboxylic acids is 1. The van der Waals surface area contributed by atoms with E-state index in [9.17, 15) is 19.5 Å². The normalized spacial score (nSPS) is 19.4. The average Bonchev–Trinajstić information content (AvgIpc) is 2.85. The summed E-state index contributed by atoms with van der Waals surface area (Å²) in [7, 11) is 1.48. The second kappa shape index (κ2) is 12.9. The van der Waals surface area contributed by atoms with Gasteiger partial charge in [-0.05, 0) is 48.9 Å². The highest BCUT2D eigenvalue weighted by Crippen LogP contribution is 2.28. The number of amides is 2. The van der Waals surface area contributed by atoms with Crippen LogP contribution in [0, 0.1) is 5.92 Å². The molecule has 3 rings (SSSR count). The fraction of sp³-hybridized carbons (Fsp3) is 0.444. The minimum atomic E-state index is -1.02. The first-order valence-electron chi connectivity index (χ1n) is 12.1. The SMILES string of the molecule is COCC(N)C(=O)N[C@@]1(Cc2ccc(Cl)cc2)CCCN(C(=O)C(CC(=O)O)Cc2ccccc2)C1. The van der Waals surface area contributed by atoms with Gasteiger partial charge in [-0.25, -0.2) is 0 Å². The van der Waals surface area contributed by atoms with E-state index < -0.39 is 23.5 Å². The quantitative estimate of drug-likeness (QED) is 0.423. The van der Waals surface area contributed by atoms with Gasteiger partial charge in [0.25, 0.3) is 0 Å². The number of piperidine rings is 1. The number of methoxy groups -OCH3 is 1. The van der Waals surface area contributed by atoms with E-state index in [-0.39, 0.29) is 31.4 Å². The van der Waals surface area contributed by atoms with E-state index in [4.69, 9.17) is 22.1 Å². The zero-order chi connectivity index (χ0) is 26.1. The van der Waals surface area contributed by atoms with Crippen LogP contribution in [-0.4, -0.2) is 66.2 Å². The number of hydrogen-bond donors (Lipinski definition) is 3. The predicted molar refractivity (Wildman–Crippen MR) is 138 cm³/mol. The van der Waals surface area contributed by atoms with Crippen molar-refractivity contribution in [3.8, 4) is 0 Å². The third kappa shape index (κ3) is 7.78. The van der Waals surface area contributed by atoms with Gasteiger partial charge in [-0.1, -0.05) is 54.1 Å². The summed E-state index contributed by atoms with van der Waals surface area (Å²) in [5.74, 6) is -2.31. The topological polar surface area (TPSA) is 122 Å². The molecule has 0 spiro atoms. The zero-order valence-corrected chi connectivity index (χ0v) is 21.2. The Hall–Kier alpha value is -2.94. The molecule has 2 aromatic carbocycles. The number of ether oxygens (including phenoxy) is 1. The number of benzene rings is 2. The average molecular weight is 516 g/mol. The molecule has 2 aromatic rings. The highest BCUT2D eigenvalue weighted by molar-refractivity contribution is 6.30. The van der Waals surface area contributed by atoms with Gasteiger partial charge < -0.3 is 25.8 Å². The monoisotopic (exact) mass is 515 g/mol. The van der Waals surface area contributed by atoms with E-state index >= 15 is 0 Å². The number of rotatable bonds is 11. The second-order valence-electron chi connectivity index (χ2n) is 9.48. The zero-order valence-electron chi connectivity index (χ0n) is 20.5.